The van der Waals surface area contributed by atoms with Crippen LogP contribution in [0.5, 0.6) is 5.88 Å². The van der Waals surface area contributed by atoms with Gasteiger partial charge in [-0.3, -0.25) is 0 Å². The summed E-state index contributed by atoms with van der Waals surface area (Å²) in [6.07, 6.45) is 0.524. The maximum Gasteiger partial charge on any atom is 0.311 e. The number of ether oxygens (including phenoxy) is 1. The minimum Gasteiger partial charge on any atom is -0.481 e. The van der Waals surface area contributed by atoms with Crippen LogP contribution in [0.15, 0.2) is 12.3 Å². The molecule has 1 rings (SSSR count). The van der Waals surface area contributed by atoms with Crippen LogP contribution in [0.1, 0.15) is 0 Å². The standard InChI is InChI=1S/C5H5FN2O/c1-9-4-2-3-7-5(6)8-4/h2-3H,1H3. The Bertz CT molecular complexity index is 204. The smallest absolute Gasteiger partial charge is 0.311 e. The lowest BCUT2D eigenvalue weighted by Crippen LogP contribution is -1.91. The van der Waals surface area contributed by atoms with Gasteiger partial charge in [0.05, 0.1) is 7.11 Å². The second kappa shape index (κ2) is 2.39. The van der Waals surface area contributed by atoms with E-state index in [2.05, 4.69) is 14.7 Å². The zero-order valence-electron chi connectivity index (χ0n) is 4.84. The number of nitrogens with zero attached hydrogens (tertiary/aromatic N) is 2. The third-order valence-corrected chi connectivity index (χ3v) is 0.810. The lowest BCUT2D eigenvalue weighted by atomic mass is 10.6. The summed E-state index contributed by atoms with van der Waals surface area (Å²) >= 11 is 0. The molecule has 0 aromatic carbocycles. The molecule has 0 aliphatic rings. The van der Waals surface area contributed by atoms with Gasteiger partial charge in [0.25, 0.3) is 0 Å². The fourth-order valence-electron chi connectivity index (χ4n) is 0.433. The summed E-state index contributed by atoms with van der Waals surface area (Å²) in [6.45, 7) is 0. The zero-order valence-corrected chi connectivity index (χ0v) is 4.84. The molecule has 0 aliphatic heterocycles. The Kier molecular flexibility index (Phi) is 1.58. The Hall–Kier alpha value is -1.19. The van der Waals surface area contributed by atoms with Crippen LogP contribution in [0.2, 0.25) is 0 Å². The molecule has 1 heterocycles. The lowest BCUT2D eigenvalue weighted by molar-refractivity contribution is 0.382. The van der Waals surface area contributed by atoms with E-state index >= 15 is 0 Å². The summed E-state index contributed by atoms with van der Waals surface area (Å²) in [5, 5.41) is 0. The predicted molar refractivity (Wildman–Crippen MR) is 28.5 cm³/mol. The molecule has 0 N–H and O–H groups in total. The van der Waals surface area contributed by atoms with Crippen LogP contribution in [0.4, 0.5) is 4.39 Å². The molecular weight excluding hydrogens is 123 g/mol. The van der Waals surface area contributed by atoms with Crippen molar-refractivity contribution in [2.75, 3.05) is 7.11 Å². The van der Waals surface area contributed by atoms with Crippen LogP contribution in [0, 0.1) is 6.08 Å². The lowest BCUT2D eigenvalue weighted by Gasteiger charge is -1.93. The van der Waals surface area contributed by atoms with E-state index in [1.807, 2.05) is 0 Å². The molecule has 0 aliphatic carbocycles. The second-order valence-corrected chi connectivity index (χ2v) is 1.37. The zero-order chi connectivity index (χ0) is 6.69. The van der Waals surface area contributed by atoms with Crippen LogP contribution in [0.25, 0.3) is 0 Å². The Balaban J connectivity index is 2.94. The average Bonchev–Trinajstić information content (AvgIpc) is 1.88. The highest BCUT2D eigenvalue weighted by atomic mass is 19.1. The van der Waals surface area contributed by atoms with E-state index in [0.29, 0.717) is 0 Å². The van der Waals surface area contributed by atoms with E-state index in [0.717, 1.165) is 0 Å². The molecule has 0 bridgehead atoms. The van der Waals surface area contributed by atoms with Crippen molar-refractivity contribution in [1.29, 1.82) is 0 Å². The minimum absolute atomic E-state index is 0.238. The van der Waals surface area contributed by atoms with E-state index in [-0.39, 0.29) is 5.88 Å². The third-order valence-electron chi connectivity index (χ3n) is 0.810. The van der Waals surface area contributed by atoms with Gasteiger partial charge in [0.1, 0.15) is 0 Å². The molecule has 0 unspecified atom stereocenters. The Morgan fingerprint density at radius 2 is 2.44 bits per heavy atom. The SMILES string of the molecule is COc1ccnc(F)n1. The van der Waals surface area contributed by atoms with E-state index < -0.39 is 6.08 Å². The van der Waals surface area contributed by atoms with Crippen LogP contribution in [0.3, 0.4) is 0 Å². The van der Waals surface area contributed by atoms with E-state index in [9.17, 15) is 4.39 Å². The van der Waals surface area contributed by atoms with Crippen molar-refractivity contribution >= 4 is 0 Å². The molecule has 0 radical (unpaired) electrons. The highest BCUT2D eigenvalue weighted by molar-refractivity contribution is 5.04. The van der Waals surface area contributed by atoms with Crippen molar-refractivity contribution in [3.63, 3.8) is 0 Å². The monoisotopic (exact) mass is 128 g/mol. The summed E-state index contributed by atoms with van der Waals surface area (Å²) in [4.78, 5) is 6.52. The van der Waals surface area contributed by atoms with Crippen molar-refractivity contribution in [3.8, 4) is 5.88 Å². The summed E-state index contributed by atoms with van der Waals surface area (Å²) < 4.78 is 16.7. The van der Waals surface area contributed by atoms with Crippen molar-refractivity contribution in [2.45, 2.75) is 0 Å². The maximum atomic E-state index is 12.1. The molecular formula is C5H5FN2O. The average molecular weight is 128 g/mol. The molecule has 0 saturated heterocycles. The Morgan fingerprint density at radius 1 is 1.67 bits per heavy atom. The first kappa shape index (κ1) is 5.94. The largest absolute Gasteiger partial charge is 0.481 e. The van der Waals surface area contributed by atoms with Crippen LogP contribution in [-0.2, 0) is 0 Å². The van der Waals surface area contributed by atoms with Gasteiger partial charge >= 0.3 is 6.08 Å². The molecule has 48 valence electrons. The number of rotatable bonds is 1. The highest BCUT2D eigenvalue weighted by Gasteiger charge is 1.93. The molecule has 0 spiro atoms. The molecule has 9 heavy (non-hydrogen) atoms. The van der Waals surface area contributed by atoms with Crippen molar-refractivity contribution < 1.29 is 9.13 Å². The molecule has 1 aromatic heterocycles. The first-order chi connectivity index (χ1) is 4.33. The van der Waals surface area contributed by atoms with Crippen LogP contribution in [-0.4, -0.2) is 17.1 Å². The quantitative estimate of drug-likeness (QED) is 0.520. The van der Waals surface area contributed by atoms with Gasteiger partial charge in [-0.05, 0) is 0 Å². The van der Waals surface area contributed by atoms with Gasteiger partial charge in [-0.15, -0.1) is 0 Å². The van der Waals surface area contributed by atoms with E-state index in [1.54, 1.807) is 0 Å². The van der Waals surface area contributed by atoms with Crippen LogP contribution < -0.4 is 4.74 Å². The Labute approximate surface area is 51.5 Å². The Morgan fingerprint density at radius 3 is 2.89 bits per heavy atom. The molecule has 0 amide bonds. The summed E-state index contributed by atoms with van der Waals surface area (Å²) in [5.74, 6) is 0.238. The predicted octanol–water partition coefficient (Wildman–Crippen LogP) is 0.624. The summed E-state index contributed by atoms with van der Waals surface area (Å²) in [5.41, 5.74) is 0. The van der Waals surface area contributed by atoms with E-state index in [1.165, 1.54) is 19.4 Å². The first-order valence-corrected chi connectivity index (χ1v) is 2.35. The topological polar surface area (TPSA) is 35.0 Å². The van der Waals surface area contributed by atoms with Crippen molar-refractivity contribution in [3.05, 3.63) is 18.3 Å². The molecule has 1 aromatic rings. The first-order valence-electron chi connectivity index (χ1n) is 2.35. The molecule has 4 heteroatoms. The van der Waals surface area contributed by atoms with Gasteiger partial charge < -0.3 is 4.74 Å². The van der Waals surface area contributed by atoms with Gasteiger partial charge in [-0.2, -0.15) is 9.37 Å². The number of methoxy groups -OCH3 is 1. The van der Waals surface area contributed by atoms with Gasteiger partial charge in [0, 0.05) is 12.3 Å². The molecule has 0 atom stereocenters. The van der Waals surface area contributed by atoms with Gasteiger partial charge in [-0.25, -0.2) is 4.98 Å². The number of aromatic nitrogens is 2. The van der Waals surface area contributed by atoms with Gasteiger partial charge in [0.15, 0.2) is 0 Å². The van der Waals surface area contributed by atoms with Crippen molar-refractivity contribution in [1.82, 2.24) is 9.97 Å². The third kappa shape index (κ3) is 1.35. The van der Waals surface area contributed by atoms with Crippen LogP contribution >= 0.6 is 0 Å². The van der Waals surface area contributed by atoms with E-state index in [4.69, 9.17) is 0 Å². The molecule has 3 nitrogen and oxygen atoms in total. The highest BCUT2D eigenvalue weighted by Crippen LogP contribution is 2.01. The summed E-state index contributed by atoms with van der Waals surface area (Å²) in [7, 11) is 1.42. The number of hydrogen-bond donors (Lipinski definition) is 0. The second-order valence-electron chi connectivity index (χ2n) is 1.37. The number of halogens is 1. The number of hydrogen-bond acceptors (Lipinski definition) is 3. The van der Waals surface area contributed by atoms with Crippen molar-refractivity contribution in [2.24, 2.45) is 0 Å². The summed E-state index contributed by atoms with van der Waals surface area (Å²) in [6, 6.07) is 1.48. The fraction of sp³-hybridized carbons (Fsp3) is 0.200. The van der Waals surface area contributed by atoms with Gasteiger partial charge in [0.2, 0.25) is 5.88 Å². The molecule has 0 fully saturated rings. The normalized spacial score (nSPS) is 9.11. The maximum absolute atomic E-state index is 12.1. The molecule has 0 saturated carbocycles. The minimum atomic E-state index is -0.769. The van der Waals surface area contributed by atoms with Gasteiger partial charge in [-0.1, -0.05) is 0 Å². The fourth-order valence-corrected chi connectivity index (χ4v) is 0.433.